The molecular weight excluding hydrogens is 308 g/mol. The number of hydrogen-bond donors (Lipinski definition) is 1. The molecule has 2 aromatic rings. The second kappa shape index (κ2) is 7.10. The van der Waals surface area contributed by atoms with Crippen LogP contribution < -0.4 is 5.32 Å². The molecule has 23 heavy (non-hydrogen) atoms. The molecule has 3 heterocycles. The lowest BCUT2D eigenvalue weighted by molar-refractivity contribution is 0.162. The monoisotopic (exact) mass is 330 g/mol. The van der Waals surface area contributed by atoms with Gasteiger partial charge in [0.15, 0.2) is 5.11 Å². The fraction of sp³-hybridized carbons (Fsp3) is 0.412. The summed E-state index contributed by atoms with van der Waals surface area (Å²) in [5, 5.41) is 4.20. The molecule has 1 fully saturated rings. The number of nitrogens with zero attached hydrogens (tertiary/aromatic N) is 3. The number of aromatic nitrogens is 2. The average molecular weight is 330 g/mol. The van der Waals surface area contributed by atoms with Gasteiger partial charge in [-0.05, 0) is 43.4 Å². The van der Waals surface area contributed by atoms with Crippen LogP contribution in [0.4, 0.5) is 0 Å². The maximum Gasteiger partial charge on any atom is 0.170 e. The second-order valence-corrected chi connectivity index (χ2v) is 5.92. The van der Waals surface area contributed by atoms with Gasteiger partial charge in [0.25, 0.3) is 0 Å². The SMILES string of the molecule is CCn1cccc1[C@@H]1[C@@H](c2ccccn2)NC(=S)N1CCOC. The first-order valence-electron chi connectivity index (χ1n) is 7.88. The molecule has 122 valence electrons. The van der Waals surface area contributed by atoms with E-state index in [0.29, 0.717) is 6.61 Å². The first kappa shape index (κ1) is 16.0. The molecule has 0 amide bonds. The standard InChI is InChI=1S/C17H22N4OS/c1-3-20-10-6-8-14(20)16-15(13-7-4-5-9-18-13)19-17(23)21(16)11-12-22-2/h4-10,15-16H,3,11-12H2,1-2H3,(H,19,23)/t15-,16-/m1/s1. The molecule has 0 saturated carbocycles. The van der Waals surface area contributed by atoms with Crippen LogP contribution in [0.1, 0.15) is 30.4 Å². The fourth-order valence-corrected chi connectivity index (χ4v) is 3.47. The normalized spacial score (nSPS) is 20.8. The van der Waals surface area contributed by atoms with Crippen molar-refractivity contribution in [2.75, 3.05) is 20.3 Å². The van der Waals surface area contributed by atoms with Gasteiger partial charge in [-0.3, -0.25) is 4.98 Å². The zero-order valence-electron chi connectivity index (χ0n) is 13.5. The average Bonchev–Trinajstić information content (AvgIpc) is 3.17. The van der Waals surface area contributed by atoms with Gasteiger partial charge in [0.1, 0.15) is 0 Å². The van der Waals surface area contributed by atoms with Crippen LogP contribution >= 0.6 is 12.2 Å². The number of aryl methyl sites for hydroxylation is 1. The summed E-state index contributed by atoms with van der Waals surface area (Å²) >= 11 is 5.58. The molecule has 1 N–H and O–H groups in total. The Hall–Kier alpha value is -1.92. The van der Waals surface area contributed by atoms with E-state index >= 15 is 0 Å². The third-order valence-corrected chi connectivity index (χ3v) is 4.59. The van der Waals surface area contributed by atoms with Crippen LogP contribution in [0.5, 0.6) is 0 Å². The van der Waals surface area contributed by atoms with Crippen molar-refractivity contribution in [3.63, 3.8) is 0 Å². The van der Waals surface area contributed by atoms with E-state index in [1.165, 1.54) is 5.69 Å². The van der Waals surface area contributed by atoms with Gasteiger partial charge >= 0.3 is 0 Å². The van der Waals surface area contributed by atoms with Crippen molar-refractivity contribution in [3.05, 3.63) is 54.1 Å². The highest BCUT2D eigenvalue weighted by Crippen LogP contribution is 2.38. The van der Waals surface area contributed by atoms with Crippen LogP contribution in [0, 0.1) is 0 Å². The molecular formula is C17H22N4OS. The lowest BCUT2D eigenvalue weighted by Gasteiger charge is -2.28. The lowest BCUT2D eigenvalue weighted by atomic mass is 10.0. The predicted octanol–water partition coefficient (Wildman–Crippen LogP) is 2.52. The number of ether oxygens (including phenoxy) is 1. The van der Waals surface area contributed by atoms with Crippen molar-refractivity contribution in [1.82, 2.24) is 19.8 Å². The van der Waals surface area contributed by atoms with Crippen molar-refractivity contribution in [2.24, 2.45) is 0 Å². The molecule has 1 aliphatic rings. The predicted molar refractivity (Wildman–Crippen MR) is 94.1 cm³/mol. The number of hydrogen-bond acceptors (Lipinski definition) is 3. The van der Waals surface area contributed by atoms with Crippen molar-refractivity contribution < 1.29 is 4.74 Å². The van der Waals surface area contributed by atoms with Gasteiger partial charge in [-0.2, -0.15) is 0 Å². The minimum absolute atomic E-state index is 0.0424. The van der Waals surface area contributed by atoms with E-state index in [-0.39, 0.29) is 12.1 Å². The Labute approximate surface area is 142 Å². The van der Waals surface area contributed by atoms with Crippen LogP contribution in [0.2, 0.25) is 0 Å². The molecule has 0 spiro atoms. The van der Waals surface area contributed by atoms with Crippen molar-refractivity contribution in [2.45, 2.75) is 25.6 Å². The molecule has 0 bridgehead atoms. The third kappa shape index (κ3) is 3.09. The van der Waals surface area contributed by atoms with Gasteiger partial charge in [0.05, 0.1) is 24.4 Å². The third-order valence-electron chi connectivity index (χ3n) is 4.24. The fourth-order valence-electron chi connectivity index (χ4n) is 3.14. The zero-order chi connectivity index (χ0) is 16.2. The van der Waals surface area contributed by atoms with E-state index in [1.54, 1.807) is 7.11 Å². The topological polar surface area (TPSA) is 42.3 Å². The van der Waals surface area contributed by atoms with Crippen LogP contribution in [-0.2, 0) is 11.3 Å². The van der Waals surface area contributed by atoms with Crippen LogP contribution in [-0.4, -0.2) is 39.8 Å². The van der Waals surface area contributed by atoms with Gasteiger partial charge in [0.2, 0.25) is 0 Å². The number of pyridine rings is 1. The first-order valence-corrected chi connectivity index (χ1v) is 8.29. The van der Waals surface area contributed by atoms with E-state index in [4.69, 9.17) is 17.0 Å². The Morgan fingerprint density at radius 2 is 2.17 bits per heavy atom. The molecule has 2 aromatic heterocycles. The molecule has 2 atom stereocenters. The van der Waals surface area contributed by atoms with E-state index in [2.05, 4.69) is 45.0 Å². The summed E-state index contributed by atoms with van der Waals surface area (Å²) < 4.78 is 7.52. The van der Waals surface area contributed by atoms with Crippen LogP contribution in [0.3, 0.4) is 0 Å². The zero-order valence-corrected chi connectivity index (χ0v) is 14.3. The minimum atomic E-state index is 0.0424. The Kier molecular flexibility index (Phi) is 4.93. The number of nitrogens with one attached hydrogen (secondary N) is 1. The quantitative estimate of drug-likeness (QED) is 0.825. The maximum absolute atomic E-state index is 5.58. The number of rotatable bonds is 6. The van der Waals surface area contributed by atoms with Gasteiger partial charge in [0, 0.05) is 38.3 Å². The second-order valence-electron chi connectivity index (χ2n) is 5.53. The smallest absolute Gasteiger partial charge is 0.170 e. The number of methoxy groups -OCH3 is 1. The summed E-state index contributed by atoms with van der Waals surface area (Å²) in [6.45, 7) is 4.48. The molecule has 0 unspecified atom stereocenters. The Morgan fingerprint density at radius 1 is 1.30 bits per heavy atom. The number of thiocarbonyl (C=S) groups is 1. The first-order chi connectivity index (χ1) is 11.3. The summed E-state index contributed by atoms with van der Waals surface area (Å²) in [5.41, 5.74) is 2.25. The van der Waals surface area contributed by atoms with Crippen molar-refractivity contribution >= 4 is 17.3 Å². The lowest BCUT2D eigenvalue weighted by Crippen LogP contribution is -2.33. The van der Waals surface area contributed by atoms with E-state index in [0.717, 1.165) is 23.9 Å². The van der Waals surface area contributed by atoms with Crippen LogP contribution in [0.15, 0.2) is 42.7 Å². The summed E-state index contributed by atoms with van der Waals surface area (Å²) in [4.78, 5) is 6.74. The Morgan fingerprint density at radius 3 is 2.87 bits per heavy atom. The Balaban J connectivity index is 2.00. The molecule has 3 rings (SSSR count). The Bertz CT molecular complexity index is 658. The molecule has 1 saturated heterocycles. The van der Waals surface area contributed by atoms with Crippen molar-refractivity contribution in [1.29, 1.82) is 0 Å². The van der Waals surface area contributed by atoms with Gasteiger partial charge in [-0.1, -0.05) is 6.07 Å². The van der Waals surface area contributed by atoms with Gasteiger partial charge in [-0.15, -0.1) is 0 Å². The summed E-state index contributed by atoms with van der Waals surface area (Å²) in [5.74, 6) is 0. The summed E-state index contributed by atoms with van der Waals surface area (Å²) in [7, 11) is 1.71. The van der Waals surface area contributed by atoms with Gasteiger partial charge < -0.3 is 19.5 Å². The maximum atomic E-state index is 5.58. The molecule has 0 aliphatic carbocycles. The highest BCUT2D eigenvalue weighted by molar-refractivity contribution is 7.80. The summed E-state index contributed by atoms with van der Waals surface area (Å²) in [6, 6.07) is 10.4. The molecule has 1 aliphatic heterocycles. The molecule has 0 aromatic carbocycles. The van der Waals surface area contributed by atoms with E-state index in [9.17, 15) is 0 Å². The van der Waals surface area contributed by atoms with Gasteiger partial charge in [-0.25, -0.2) is 0 Å². The van der Waals surface area contributed by atoms with Crippen molar-refractivity contribution in [3.8, 4) is 0 Å². The molecule has 6 heteroatoms. The summed E-state index contributed by atoms with van der Waals surface area (Å²) in [6.07, 6.45) is 3.94. The molecule has 5 nitrogen and oxygen atoms in total. The molecule has 0 radical (unpaired) electrons. The van der Waals surface area contributed by atoms with E-state index < -0.39 is 0 Å². The van der Waals surface area contributed by atoms with Crippen LogP contribution in [0.25, 0.3) is 0 Å². The highest BCUT2D eigenvalue weighted by atomic mass is 32.1. The highest BCUT2D eigenvalue weighted by Gasteiger charge is 2.40. The van der Waals surface area contributed by atoms with E-state index in [1.807, 2.05) is 24.4 Å². The minimum Gasteiger partial charge on any atom is -0.383 e. The largest absolute Gasteiger partial charge is 0.383 e.